The van der Waals surface area contributed by atoms with Crippen molar-refractivity contribution in [2.24, 2.45) is 4.99 Å². The van der Waals surface area contributed by atoms with E-state index >= 15 is 0 Å². The van der Waals surface area contributed by atoms with Gasteiger partial charge >= 0.3 is 0 Å². The number of likely N-dealkylation sites (tertiary alicyclic amines) is 1. The third-order valence-corrected chi connectivity index (χ3v) is 5.75. The summed E-state index contributed by atoms with van der Waals surface area (Å²) < 4.78 is 0. The van der Waals surface area contributed by atoms with Gasteiger partial charge in [0.15, 0.2) is 5.96 Å². The Kier molecular flexibility index (Phi) is 11.6. The number of rotatable bonds is 8. The van der Waals surface area contributed by atoms with Crippen molar-refractivity contribution >= 4 is 41.3 Å². The smallest absolute Gasteiger partial charge is 0.191 e. The predicted octanol–water partition coefficient (Wildman–Crippen LogP) is 3.30. The molecule has 0 radical (unpaired) electrons. The molecule has 0 spiro atoms. The Balaban J connectivity index is 0.00000312. The van der Waals surface area contributed by atoms with Crippen molar-refractivity contribution in [2.75, 3.05) is 33.2 Å². The first-order valence-corrected chi connectivity index (χ1v) is 10.3. The van der Waals surface area contributed by atoms with Gasteiger partial charge in [0.05, 0.1) is 10.7 Å². The monoisotopic (exact) mass is 479 g/mol. The number of thiazole rings is 1. The number of halogens is 1. The summed E-state index contributed by atoms with van der Waals surface area (Å²) in [5, 5.41) is 10.2. The van der Waals surface area contributed by atoms with Crippen LogP contribution in [0.5, 0.6) is 0 Å². The third kappa shape index (κ3) is 7.78. The van der Waals surface area contributed by atoms with Crippen LogP contribution in [0.2, 0.25) is 0 Å². The zero-order valence-corrected chi connectivity index (χ0v) is 19.0. The molecule has 0 saturated carbocycles. The zero-order chi connectivity index (χ0) is 17.2. The second kappa shape index (κ2) is 12.9. The van der Waals surface area contributed by atoms with Crippen LogP contribution in [0.3, 0.4) is 0 Å². The molecule has 1 unspecified atom stereocenters. The number of guanidine groups is 1. The molecule has 1 aromatic rings. The van der Waals surface area contributed by atoms with Crippen molar-refractivity contribution in [3.63, 3.8) is 0 Å². The average molecular weight is 479 g/mol. The van der Waals surface area contributed by atoms with Crippen LogP contribution in [-0.2, 0) is 12.8 Å². The number of nitrogens with zero attached hydrogens (tertiary/aromatic N) is 3. The number of aryl methyl sites for hydroxylation is 1. The van der Waals surface area contributed by atoms with Crippen molar-refractivity contribution in [2.45, 2.75) is 58.4 Å². The Morgan fingerprint density at radius 2 is 2.12 bits per heavy atom. The fourth-order valence-electron chi connectivity index (χ4n) is 3.29. The molecular weight excluding hydrogens is 445 g/mol. The first-order chi connectivity index (χ1) is 11.8. The second-order valence-corrected chi connectivity index (χ2v) is 7.30. The lowest BCUT2D eigenvalue weighted by atomic mass is 10.0. The highest BCUT2D eigenvalue weighted by Crippen LogP contribution is 2.18. The van der Waals surface area contributed by atoms with Gasteiger partial charge in [-0.05, 0) is 32.2 Å². The van der Waals surface area contributed by atoms with E-state index in [0.717, 1.165) is 44.5 Å². The molecule has 0 aliphatic carbocycles. The molecule has 1 fully saturated rings. The first-order valence-electron chi connectivity index (χ1n) is 9.38. The highest BCUT2D eigenvalue weighted by molar-refractivity contribution is 14.0. The number of nitrogens with one attached hydrogen (secondary N) is 2. The van der Waals surface area contributed by atoms with Crippen molar-refractivity contribution in [1.29, 1.82) is 0 Å². The summed E-state index contributed by atoms with van der Waals surface area (Å²) in [6.45, 7) is 8.62. The van der Waals surface area contributed by atoms with Gasteiger partial charge in [-0.15, -0.1) is 35.3 Å². The van der Waals surface area contributed by atoms with Gasteiger partial charge in [-0.25, -0.2) is 4.98 Å². The van der Waals surface area contributed by atoms with Crippen molar-refractivity contribution < 1.29 is 0 Å². The summed E-state index contributed by atoms with van der Waals surface area (Å²) >= 11 is 1.76. The van der Waals surface area contributed by atoms with Gasteiger partial charge in [0.1, 0.15) is 0 Å². The highest BCUT2D eigenvalue weighted by atomic mass is 127. The molecule has 1 aliphatic heterocycles. The van der Waals surface area contributed by atoms with E-state index in [4.69, 9.17) is 0 Å². The molecule has 0 amide bonds. The lowest BCUT2D eigenvalue weighted by molar-refractivity contribution is 0.147. The van der Waals surface area contributed by atoms with E-state index in [2.05, 4.69) is 44.7 Å². The molecule has 2 N–H and O–H groups in total. The van der Waals surface area contributed by atoms with Crippen LogP contribution >= 0.6 is 35.3 Å². The normalized spacial score (nSPS) is 18.7. The van der Waals surface area contributed by atoms with Gasteiger partial charge in [-0.3, -0.25) is 9.89 Å². The molecule has 1 saturated heterocycles. The van der Waals surface area contributed by atoms with Gasteiger partial charge in [-0.2, -0.15) is 0 Å². The van der Waals surface area contributed by atoms with Crippen LogP contribution in [0.4, 0.5) is 0 Å². The maximum Gasteiger partial charge on any atom is 0.191 e. The molecular formula is C18H34IN5S. The topological polar surface area (TPSA) is 52.6 Å². The predicted molar refractivity (Wildman–Crippen MR) is 119 cm³/mol. The van der Waals surface area contributed by atoms with Gasteiger partial charge in [0.2, 0.25) is 0 Å². The number of aliphatic imine (C=N–C) groups is 1. The molecule has 1 aromatic heterocycles. The molecule has 7 heteroatoms. The minimum absolute atomic E-state index is 0. The minimum atomic E-state index is 0. The van der Waals surface area contributed by atoms with E-state index in [1.165, 1.54) is 42.9 Å². The van der Waals surface area contributed by atoms with Crippen LogP contribution in [0.15, 0.2) is 10.4 Å². The summed E-state index contributed by atoms with van der Waals surface area (Å²) in [5.41, 5.74) is 1.18. The van der Waals surface area contributed by atoms with Gasteiger partial charge in [0.25, 0.3) is 0 Å². The van der Waals surface area contributed by atoms with Gasteiger partial charge < -0.3 is 10.6 Å². The Labute approximate surface area is 174 Å². The SMILES string of the molecule is CCc1nc(CCNC(=NC)NCCN2CCCCC2CC)cs1.I. The number of hydrogen-bond acceptors (Lipinski definition) is 4. The summed E-state index contributed by atoms with van der Waals surface area (Å²) in [6, 6.07) is 0.771. The highest BCUT2D eigenvalue weighted by Gasteiger charge is 2.19. The molecule has 2 rings (SSSR count). The van der Waals surface area contributed by atoms with E-state index in [1.807, 2.05) is 7.05 Å². The van der Waals surface area contributed by atoms with Crippen molar-refractivity contribution in [1.82, 2.24) is 20.5 Å². The van der Waals surface area contributed by atoms with Crippen LogP contribution in [0.1, 0.15) is 50.2 Å². The molecule has 0 bridgehead atoms. The molecule has 1 aliphatic rings. The Hall–Kier alpha value is -0.410. The zero-order valence-electron chi connectivity index (χ0n) is 15.9. The average Bonchev–Trinajstić information content (AvgIpc) is 3.08. The summed E-state index contributed by atoms with van der Waals surface area (Å²) in [5.74, 6) is 0.894. The summed E-state index contributed by atoms with van der Waals surface area (Å²) in [7, 11) is 1.84. The van der Waals surface area contributed by atoms with Crippen LogP contribution in [-0.4, -0.2) is 55.1 Å². The standard InChI is InChI=1S/C18H33N5S.HI/c1-4-16-8-6-7-12-23(16)13-11-21-18(19-3)20-10-9-15-14-24-17(5-2)22-15;/h14,16H,4-13H2,1-3H3,(H2,19,20,21);1H. The Morgan fingerprint density at radius 1 is 1.32 bits per heavy atom. The van der Waals surface area contributed by atoms with Crippen molar-refractivity contribution in [3.8, 4) is 0 Å². The maximum atomic E-state index is 4.60. The molecule has 5 nitrogen and oxygen atoms in total. The number of hydrogen-bond donors (Lipinski definition) is 2. The number of piperidine rings is 1. The van der Waals surface area contributed by atoms with Crippen LogP contribution < -0.4 is 10.6 Å². The first kappa shape index (κ1) is 22.6. The molecule has 144 valence electrons. The molecule has 1 atom stereocenters. The van der Waals surface area contributed by atoms with Crippen LogP contribution in [0.25, 0.3) is 0 Å². The van der Waals surface area contributed by atoms with Crippen molar-refractivity contribution in [3.05, 3.63) is 16.1 Å². The molecule has 2 heterocycles. The summed E-state index contributed by atoms with van der Waals surface area (Å²) in [6.07, 6.45) is 7.33. The molecule has 0 aromatic carbocycles. The fraction of sp³-hybridized carbons (Fsp3) is 0.778. The molecule has 25 heavy (non-hydrogen) atoms. The quantitative estimate of drug-likeness (QED) is 0.342. The number of aromatic nitrogens is 1. The lowest BCUT2D eigenvalue weighted by Crippen LogP contribution is -2.46. The minimum Gasteiger partial charge on any atom is -0.356 e. The van der Waals surface area contributed by atoms with Crippen LogP contribution in [0, 0.1) is 0 Å². The van der Waals surface area contributed by atoms with E-state index in [9.17, 15) is 0 Å². The largest absolute Gasteiger partial charge is 0.356 e. The third-order valence-electron chi connectivity index (χ3n) is 4.71. The summed E-state index contributed by atoms with van der Waals surface area (Å²) in [4.78, 5) is 11.6. The van der Waals surface area contributed by atoms with Gasteiger partial charge in [-0.1, -0.05) is 20.3 Å². The Morgan fingerprint density at radius 3 is 2.80 bits per heavy atom. The lowest BCUT2D eigenvalue weighted by Gasteiger charge is -2.35. The van der Waals surface area contributed by atoms with Gasteiger partial charge in [0, 0.05) is 44.5 Å². The van der Waals surface area contributed by atoms with E-state index in [-0.39, 0.29) is 24.0 Å². The second-order valence-electron chi connectivity index (χ2n) is 6.36. The van der Waals surface area contributed by atoms with E-state index < -0.39 is 0 Å². The van der Waals surface area contributed by atoms with E-state index in [1.54, 1.807) is 11.3 Å². The van der Waals surface area contributed by atoms with E-state index in [0.29, 0.717) is 0 Å². The fourth-order valence-corrected chi connectivity index (χ4v) is 4.07. The Bertz CT molecular complexity index is 505. The maximum absolute atomic E-state index is 4.60.